The summed E-state index contributed by atoms with van der Waals surface area (Å²) in [6.07, 6.45) is 9.12. The summed E-state index contributed by atoms with van der Waals surface area (Å²) in [4.78, 5) is 17.1. The highest BCUT2D eigenvalue weighted by molar-refractivity contribution is 5.92. The lowest BCUT2D eigenvalue weighted by atomic mass is 9.86. The van der Waals surface area contributed by atoms with E-state index >= 15 is 0 Å². The van der Waals surface area contributed by atoms with Crippen molar-refractivity contribution in [1.82, 2.24) is 9.80 Å². The summed E-state index contributed by atoms with van der Waals surface area (Å²) in [7, 11) is 0. The third-order valence-corrected chi connectivity index (χ3v) is 6.46. The quantitative estimate of drug-likeness (QED) is 0.831. The van der Waals surface area contributed by atoms with Gasteiger partial charge >= 0.3 is 0 Å². The Morgan fingerprint density at radius 3 is 2.48 bits per heavy atom. The molecule has 1 aliphatic carbocycles. The SMILES string of the molecule is CC1CCCN1CC(=O)Nc1ccc(OC2CC(N3CCCCC3)C2)cc1. The van der Waals surface area contributed by atoms with E-state index in [0.717, 1.165) is 36.9 Å². The van der Waals surface area contributed by atoms with Gasteiger partial charge in [-0.05, 0) is 76.5 Å². The molecule has 2 aliphatic heterocycles. The number of nitrogens with one attached hydrogen (secondary N) is 1. The lowest BCUT2D eigenvalue weighted by Crippen LogP contribution is -2.50. The monoisotopic (exact) mass is 371 g/mol. The zero-order valence-corrected chi connectivity index (χ0v) is 16.5. The molecule has 1 unspecified atom stereocenters. The van der Waals surface area contributed by atoms with Crippen molar-refractivity contribution in [3.8, 4) is 5.75 Å². The van der Waals surface area contributed by atoms with E-state index < -0.39 is 0 Å². The van der Waals surface area contributed by atoms with Crippen molar-refractivity contribution in [1.29, 1.82) is 0 Å². The minimum Gasteiger partial charge on any atom is -0.490 e. The number of rotatable bonds is 6. The molecule has 2 heterocycles. The minimum absolute atomic E-state index is 0.0702. The Balaban J connectivity index is 1.19. The van der Waals surface area contributed by atoms with Crippen LogP contribution in [0.1, 0.15) is 51.9 Å². The van der Waals surface area contributed by atoms with Crippen molar-refractivity contribution in [3.63, 3.8) is 0 Å². The van der Waals surface area contributed by atoms with Crippen molar-refractivity contribution < 1.29 is 9.53 Å². The Hall–Kier alpha value is -1.59. The average Bonchev–Trinajstić information content (AvgIpc) is 3.04. The fraction of sp³-hybridized carbons (Fsp3) is 0.682. The zero-order chi connectivity index (χ0) is 18.6. The van der Waals surface area contributed by atoms with Gasteiger partial charge in [0.05, 0.1) is 6.54 Å². The molecule has 1 aromatic carbocycles. The first-order chi connectivity index (χ1) is 13.2. The average molecular weight is 372 g/mol. The largest absolute Gasteiger partial charge is 0.490 e. The molecule has 0 bridgehead atoms. The van der Waals surface area contributed by atoms with E-state index in [1.54, 1.807) is 0 Å². The predicted molar refractivity (Wildman–Crippen MR) is 108 cm³/mol. The summed E-state index contributed by atoms with van der Waals surface area (Å²) in [5.41, 5.74) is 0.846. The van der Waals surface area contributed by atoms with Crippen molar-refractivity contribution in [2.75, 3.05) is 31.5 Å². The number of hydrogen-bond donors (Lipinski definition) is 1. The number of ether oxygens (including phenoxy) is 1. The summed E-state index contributed by atoms with van der Waals surface area (Å²) >= 11 is 0. The molecule has 1 aromatic rings. The molecule has 0 radical (unpaired) electrons. The number of likely N-dealkylation sites (tertiary alicyclic amines) is 2. The molecule has 0 aromatic heterocycles. The molecule has 3 fully saturated rings. The predicted octanol–water partition coefficient (Wildman–Crippen LogP) is 3.51. The van der Waals surface area contributed by atoms with E-state index in [2.05, 4.69) is 22.0 Å². The third kappa shape index (κ3) is 4.82. The number of carbonyl (C=O) groups is 1. The second kappa shape index (κ2) is 8.61. The van der Waals surface area contributed by atoms with Crippen molar-refractivity contribution in [3.05, 3.63) is 24.3 Å². The number of piperidine rings is 1. The number of hydrogen-bond acceptors (Lipinski definition) is 4. The standard InChI is InChI=1S/C22H33N3O2/c1-17-6-5-13-25(17)16-22(26)23-18-7-9-20(10-8-18)27-21-14-19(15-21)24-11-3-2-4-12-24/h7-10,17,19,21H,2-6,11-16H2,1H3,(H,23,26). The van der Waals surface area contributed by atoms with Crippen LogP contribution in [-0.2, 0) is 4.79 Å². The van der Waals surface area contributed by atoms with Crippen LogP contribution in [0, 0.1) is 0 Å². The second-order valence-electron chi connectivity index (χ2n) is 8.50. The van der Waals surface area contributed by atoms with E-state index in [1.807, 2.05) is 24.3 Å². The van der Waals surface area contributed by atoms with Crippen molar-refractivity contribution in [2.45, 2.75) is 70.1 Å². The summed E-state index contributed by atoms with van der Waals surface area (Å²) in [6.45, 7) is 6.24. The van der Waals surface area contributed by atoms with E-state index in [0.29, 0.717) is 18.7 Å². The zero-order valence-electron chi connectivity index (χ0n) is 16.5. The molecule has 3 aliphatic rings. The van der Waals surface area contributed by atoms with Crippen LogP contribution >= 0.6 is 0 Å². The first-order valence-corrected chi connectivity index (χ1v) is 10.7. The fourth-order valence-corrected chi connectivity index (χ4v) is 4.64. The van der Waals surface area contributed by atoms with Gasteiger partial charge in [0.25, 0.3) is 0 Å². The number of carbonyl (C=O) groups excluding carboxylic acids is 1. The molecule has 1 N–H and O–H groups in total. The fourth-order valence-electron chi connectivity index (χ4n) is 4.64. The van der Waals surface area contributed by atoms with Crippen LogP contribution in [0.25, 0.3) is 0 Å². The molecule has 148 valence electrons. The van der Waals surface area contributed by atoms with Crippen LogP contribution in [0.3, 0.4) is 0 Å². The highest BCUT2D eigenvalue weighted by Crippen LogP contribution is 2.31. The topological polar surface area (TPSA) is 44.8 Å². The van der Waals surface area contributed by atoms with E-state index in [4.69, 9.17) is 4.74 Å². The van der Waals surface area contributed by atoms with E-state index in [1.165, 1.54) is 45.2 Å². The van der Waals surface area contributed by atoms with Crippen LogP contribution in [-0.4, -0.2) is 60.1 Å². The molecule has 1 saturated carbocycles. The molecule has 27 heavy (non-hydrogen) atoms. The van der Waals surface area contributed by atoms with Gasteiger partial charge in [-0.1, -0.05) is 6.42 Å². The van der Waals surface area contributed by atoms with Crippen molar-refractivity contribution >= 4 is 11.6 Å². The lowest BCUT2D eigenvalue weighted by molar-refractivity contribution is -0.117. The Kier molecular flexibility index (Phi) is 5.98. The minimum atomic E-state index is 0.0702. The molecule has 5 nitrogen and oxygen atoms in total. The Labute approximate surface area is 163 Å². The Morgan fingerprint density at radius 1 is 1.07 bits per heavy atom. The number of nitrogens with zero attached hydrogens (tertiary/aromatic N) is 2. The van der Waals surface area contributed by atoms with Gasteiger partial charge in [0, 0.05) is 30.6 Å². The van der Waals surface area contributed by atoms with Gasteiger partial charge < -0.3 is 15.0 Å². The maximum atomic E-state index is 12.2. The third-order valence-electron chi connectivity index (χ3n) is 6.46. The maximum Gasteiger partial charge on any atom is 0.238 e. The maximum absolute atomic E-state index is 12.2. The molecule has 1 atom stereocenters. The van der Waals surface area contributed by atoms with Gasteiger partial charge in [-0.25, -0.2) is 0 Å². The van der Waals surface area contributed by atoms with Crippen LogP contribution in [0.5, 0.6) is 5.75 Å². The first kappa shape index (κ1) is 18.8. The number of benzene rings is 1. The molecule has 0 spiro atoms. The van der Waals surface area contributed by atoms with Gasteiger partial charge in [0.15, 0.2) is 0 Å². The Bertz CT molecular complexity index is 621. The summed E-state index contributed by atoms with van der Waals surface area (Å²) in [5, 5.41) is 3.01. The van der Waals surface area contributed by atoms with Crippen LogP contribution in [0.2, 0.25) is 0 Å². The molecular weight excluding hydrogens is 338 g/mol. The Morgan fingerprint density at radius 2 is 1.81 bits per heavy atom. The highest BCUT2D eigenvalue weighted by atomic mass is 16.5. The van der Waals surface area contributed by atoms with Crippen LogP contribution in [0.15, 0.2) is 24.3 Å². The molecule has 4 rings (SSSR count). The highest BCUT2D eigenvalue weighted by Gasteiger charge is 2.35. The van der Waals surface area contributed by atoms with Gasteiger partial charge in [0.2, 0.25) is 5.91 Å². The first-order valence-electron chi connectivity index (χ1n) is 10.7. The van der Waals surface area contributed by atoms with Crippen LogP contribution in [0.4, 0.5) is 5.69 Å². The van der Waals surface area contributed by atoms with Crippen molar-refractivity contribution in [2.24, 2.45) is 0 Å². The lowest BCUT2D eigenvalue weighted by Gasteiger charge is -2.44. The molecule has 2 saturated heterocycles. The smallest absolute Gasteiger partial charge is 0.238 e. The van der Waals surface area contributed by atoms with E-state index in [-0.39, 0.29) is 5.91 Å². The molecule has 1 amide bonds. The van der Waals surface area contributed by atoms with Gasteiger partial charge in [-0.15, -0.1) is 0 Å². The van der Waals surface area contributed by atoms with Crippen LogP contribution < -0.4 is 10.1 Å². The number of anilines is 1. The summed E-state index contributed by atoms with van der Waals surface area (Å²) in [6, 6.07) is 9.08. The van der Waals surface area contributed by atoms with Gasteiger partial charge in [-0.2, -0.15) is 0 Å². The van der Waals surface area contributed by atoms with Gasteiger partial charge in [-0.3, -0.25) is 9.69 Å². The normalized spacial score (nSPS) is 29.3. The molecule has 5 heteroatoms. The van der Waals surface area contributed by atoms with Gasteiger partial charge in [0.1, 0.15) is 11.9 Å². The van der Waals surface area contributed by atoms with E-state index in [9.17, 15) is 4.79 Å². The number of amides is 1. The second-order valence-corrected chi connectivity index (χ2v) is 8.50. The molecular formula is C22H33N3O2. The summed E-state index contributed by atoms with van der Waals surface area (Å²) < 4.78 is 6.11. The summed E-state index contributed by atoms with van der Waals surface area (Å²) in [5.74, 6) is 0.976.